The standard InChI is InChI=1S/C19H33ClO2Si/c1-4-5-6-7-8-9-10-11-14-17-21-23(2,3)22-19-16-13-12-15-18(19)20/h12-13,15-16H,4-11,14,17H2,1-3H3. The van der Waals surface area contributed by atoms with Gasteiger partial charge in [0.15, 0.2) is 0 Å². The Morgan fingerprint density at radius 3 is 2.04 bits per heavy atom. The lowest BCUT2D eigenvalue weighted by Gasteiger charge is -2.24. The molecule has 2 nitrogen and oxygen atoms in total. The molecule has 4 heteroatoms. The van der Waals surface area contributed by atoms with Crippen molar-refractivity contribution in [3.05, 3.63) is 29.3 Å². The molecular weight excluding hydrogens is 324 g/mol. The predicted octanol–water partition coefficient (Wildman–Crippen LogP) is 6.97. The molecule has 0 fully saturated rings. The van der Waals surface area contributed by atoms with Gasteiger partial charge in [-0.05, 0) is 31.6 Å². The summed E-state index contributed by atoms with van der Waals surface area (Å²) in [6, 6.07) is 7.60. The summed E-state index contributed by atoms with van der Waals surface area (Å²) in [7, 11) is -2.15. The van der Waals surface area contributed by atoms with E-state index in [0.717, 1.165) is 18.8 Å². The predicted molar refractivity (Wildman–Crippen MR) is 103 cm³/mol. The summed E-state index contributed by atoms with van der Waals surface area (Å²) < 4.78 is 12.0. The maximum Gasteiger partial charge on any atom is 0.392 e. The molecule has 0 amide bonds. The molecule has 0 radical (unpaired) electrons. The topological polar surface area (TPSA) is 18.5 Å². The van der Waals surface area contributed by atoms with Crippen LogP contribution in [0.25, 0.3) is 0 Å². The Bertz CT molecular complexity index is 424. The molecule has 1 aromatic rings. The monoisotopic (exact) mass is 356 g/mol. The second kappa shape index (κ2) is 11.9. The zero-order valence-corrected chi connectivity index (χ0v) is 16.8. The van der Waals surface area contributed by atoms with Gasteiger partial charge in [-0.2, -0.15) is 0 Å². The highest BCUT2D eigenvalue weighted by Gasteiger charge is 2.27. The van der Waals surface area contributed by atoms with Crippen LogP contribution in [-0.4, -0.2) is 15.2 Å². The number of hydrogen-bond acceptors (Lipinski definition) is 2. The molecule has 0 saturated carbocycles. The average Bonchev–Trinajstić information content (AvgIpc) is 2.51. The fourth-order valence-corrected chi connectivity index (χ4v) is 4.19. The number of rotatable bonds is 13. The van der Waals surface area contributed by atoms with Gasteiger partial charge in [0, 0.05) is 6.61 Å². The minimum Gasteiger partial charge on any atom is -0.519 e. The van der Waals surface area contributed by atoms with E-state index in [1.54, 1.807) is 0 Å². The van der Waals surface area contributed by atoms with E-state index in [9.17, 15) is 0 Å². The van der Waals surface area contributed by atoms with Gasteiger partial charge < -0.3 is 8.85 Å². The highest BCUT2D eigenvalue weighted by atomic mass is 35.5. The van der Waals surface area contributed by atoms with Gasteiger partial charge in [0.1, 0.15) is 5.75 Å². The van der Waals surface area contributed by atoms with Crippen LogP contribution in [0.5, 0.6) is 5.75 Å². The number of halogens is 1. The van der Waals surface area contributed by atoms with Crippen molar-refractivity contribution >= 4 is 20.2 Å². The van der Waals surface area contributed by atoms with Gasteiger partial charge in [0.05, 0.1) is 5.02 Å². The summed E-state index contributed by atoms with van der Waals surface area (Å²) in [6.07, 6.45) is 12.0. The van der Waals surface area contributed by atoms with Gasteiger partial charge in [-0.3, -0.25) is 0 Å². The summed E-state index contributed by atoms with van der Waals surface area (Å²) in [5.41, 5.74) is 0. The quantitative estimate of drug-likeness (QED) is 0.280. The molecule has 0 aliphatic heterocycles. The number of para-hydroxylation sites is 1. The van der Waals surface area contributed by atoms with E-state index in [-0.39, 0.29) is 0 Å². The van der Waals surface area contributed by atoms with Crippen molar-refractivity contribution in [3.8, 4) is 5.75 Å². The Morgan fingerprint density at radius 1 is 0.870 bits per heavy atom. The summed E-state index contributed by atoms with van der Waals surface area (Å²) in [6.45, 7) is 7.20. The van der Waals surface area contributed by atoms with Crippen LogP contribution in [0.3, 0.4) is 0 Å². The number of hydrogen-bond donors (Lipinski definition) is 0. The average molecular weight is 357 g/mol. The van der Waals surface area contributed by atoms with Crippen LogP contribution < -0.4 is 4.43 Å². The van der Waals surface area contributed by atoms with Gasteiger partial charge in [-0.15, -0.1) is 0 Å². The van der Waals surface area contributed by atoms with Crippen LogP contribution >= 0.6 is 11.6 Å². The van der Waals surface area contributed by atoms with Crippen molar-refractivity contribution in [2.24, 2.45) is 0 Å². The molecule has 0 bridgehead atoms. The molecule has 1 rings (SSSR count). The van der Waals surface area contributed by atoms with E-state index in [1.807, 2.05) is 24.3 Å². The lowest BCUT2D eigenvalue weighted by Crippen LogP contribution is -2.38. The van der Waals surface area contributed by atoms with Crippen molar-refractivity contribution in [3.63, 3.8) is 0 Å². The molecule has 23 heavy (non-hydrogen) atoms. The minimum absolute atomic E-state index is 0.653. The van der Waals surface area contributed by atoms with Gasteiger partial charge >= 0.3 is 8.56 Å². The summed E-state index contributed by atoms with van der Waals surface area (Å²) >= 11 is 6.14. The SMILES string of the molecule is CCCCCCCCCCCO[Si](C)(C)Oc1ccccc1Cl. The van der Waals surface area contributed by atoms with Crippen LogP contribution in [0.15, 0.2) is 24.3 Å². The van der Waals surface area contributed by atoms with Crippen molar-refractivity contribution in [1.82, 2.24) is 0 Å². The van der Waals surface area contributed by atoms with Crippen LogP contribution in [0, 0.1) is 0 Å². The van der Waals surface area contributed by atoms with Crippen LogP contribution in [0.1, 0.15) is 64.7 Å². The third kappa shape index (κ3) is 10.1. The van der Waals surface area contributed by atoms with E-state index >= 15 is 0 Å². The lowest BCUT2D eigenvalue weighted by molar-refractivity contribution is 0.241. The maximum absolute atomic E-state index is 6.14. The molecule has 132 valence electrons. The highest BCUT2D eigenvalue weighted by Crippen LogP contribution is 2.26. The van der Waals surface area contributed by atoms with E-state index in [0.29, 0.717) is 5.02 Å². The number of unbranched alkanes of at least 4 members (excludes halogenated alkanes) is 8. The summed E-state index contributed by atoms with van der Waals surface area (Å²) in [5.74, 6) is 0.734. The summed E-state index contributed by atoms with van der Waals surface area (Å²) in [4.78, 5) is 0. The molecule has 0 aliphatic rings. The Balaban J connectivity index is 2.07. The molecule has 0 aliphatic carbocycles. The first-order valence-corrected chi connectivity index (χ1v) is 12.3. The molecule has 0 unspecified atom stereocenters. The van der Waals surface area contributed by atoms with Crippen LogP contribution in [0.4, 0.5) is 0 Å². The van der Waals surface area contributed by atoms with E-state index in [1.165, 1.54) is 51.4 Å². The third-order valence-corrected chi connectivity index (χ3v) is 5.81. The van der Waals surface area contributed by atoms with E-state index in [4.69, 9.17) is 20.5 Å². The zero-order chi connectivity index (χ0) is 17.0. The van der Waals surface area contributed by atoms with Gasteiger partial charge in [-0.1, -0.05) is 82.0 Å². The van der Waals surface area contributed by atoms with Gasteiger partial charge in [0.25, 0.3) is 0 Å². The molecule has 0 atom stereocenters. The molecule has 0 N–H and O–H groups in total. The van der Waals surface area contributed by atoms with E-state index in [2.05, 4.69) is 20.0 Å². The Kier molecular flexibility index (Phi) is 10.7. The normalized spacial score (nSPS) is 11.7. The third-order valence-electron chi connectivity index (χ3n) is 3.89. The second-order valence-electron chi connectivity index (χ2n) is 6.61. The van der Waals surface area contributed by atoms with Gasteiger partial charge in [0.2, 0.25) is 0 Å². The van der Waals surface area contributed by atoms with Crippen molar-refractivity contribution in [2.75, 3.05) is 6.61 Å². The molecule has 0 saturated heterocycles. The van der Waals surface area contributed by atoms with Crippen molar-refractivity contribution in [2.45, 2.75) is 77.8 Å². The van der Waals surface area contributed by atoms with Crippen molar-refractivity contribution in [1.29, 1.82) is 0 Å². The molecular formula is C19H33ClO2Si. The first-order valence-electron chi connectivity index (χ1n) is 9.12. The Morgan fingerprint density at radius 2 is 1.43 bits per heavy atom. The number of benzene rings is 1. The molecule has 0 spiro atoms. The highest BCUT2D eigenvalue weighted by molar-refractivity contribution is 6.65. The lowest BCUT2D eigenvalue weighted by atomic mass is 10.1. The maximum atomic E-state index is 6.14. The zero-order valence-electron chi connectivity index (χ0n) is 15.1. The second-order valence-corrected chi connectivity index (χ2v) is 10.3. The fraction of sp³-hybridized carbons (Fsp3) is 0.684. The molecule has 0 heterocycles. The first-order chi connectivity index (χ1) is 11.0. The first kappa shape index (κ1) is 20.5. The molecule has 1 aromatic carbocycles. The van der Waals surface area contributed by atoms with Crippen molar-refractivity contribution < 1.29 is 8.85 Å². The largest absolute Gasteiger partial charge is 0.519 e. The summed E-state index contributed by atoms with van der Waals surface area (Å²) in [5, 5.41) is 0.653. The Hall–Kier alpha value is -0.513. The minimum atomic E-state index is -2.15. The molecule has 0 aromatic heterocycles. The van der Waals surface area contributed by atoms with Crippen LogP contribution in [-0.2, 0) is 4.43 Å². The fourth-order valence-electron chi connectivity index (χ4n) is 2.55. The van der Waals surface area contributed by atoms with Crippen LogP contribution in [0.2, 0.25) is 18.1 Å². The van der Waals surface area contributed by atoms with Gasteiger partial charge in [-0.25, -0.2) is 0 Å². The smallest absolute Gasteiger partial charge is 0.392 e. The Labute approximate surface area is 148 Å². The van der Waals surface area contributed by atoms with E-state index < -0.39 is 8.56 Å².